The number of carboxylic acid groups (broad SMARTS) is 1. The van der Waals surface area contributed by atoms with E-state index < -0.39 is 5.97 Å². The highest BCUT2D eigenvalue weighted by Crippen LogP contribution is 2.06. The van der Waals surface area contributed by atoms with E-state index in [9.17, 15) is 4.79 Å². The van der Waals surface area contributed by atoms with E-state index in [2.05, 4.69) is 11.8 Å². The third-order valence-corrected chi connectivity index (χ3v) is 1.99. The van der Waals surface area contributed by atoms with Gasteiger partial charge in [-0.3, -0.25) is 4.79 Å². The molecular formula is C9H16N2O2. The van der Waals surface area contributed by atoms with E-state index in [1.165, 1.54) is 6.42 Å². The summed E-state index contributed by atoms with van der Waals surface area (Å²) < 4.78 is 0. The standard InChI is InChI=1S/C9H16N2O2/c1-2-3-4-10-5-6-11(8-10)7-9(12)13/h5-6H,2-4,7-8H2,1H3,(H,12,13). The van der Waals surface area contributed by atoms with Gasteiger partial charge in [0.1, 0.15) is 6.54 Å². The van der Waals surface area contributed by atoms with Crippen molar-refractivity contribution in [1.29, 1.82) is 0 Å². The molecule has 0 unspecified atom stereocenters. The summed E-state index contributed by atoms with van der Waals surface area (Å²) in [6, 6.07) is 0. The topological polar surface area (TPSA) is 43.8 Å². The molecule has 1 aliphatic heterocycles. The molecule has 0 atom stereocenters. The SMILES string of the molecule is CCCCN1C=CN(CC(=O)O)C1. The molecule has 1 aliphatic rings. The summed E-state index contributed by atoms with van der Waals surface area (Å²) in [7, 11) is 0. The Morgan fingerprint density at radius 2 is 2.15 bits per heavy atom. The molecule has 4 heteroatoms. The lowest BCUT2D eigenvalue weighted by molar-refractivity contribution is -0.137. The highest BCUT2D eigenvalue weighted by Gasteiger charge is 2.13. The van der Waals surface area contributed by atoms with Gasteiger partial charge in [-0.25, -0.2) is 0 Å². The summed E-state index contributed by atoms with van der Waals surface area (Å²) in [5, 5.41) is 8.54. The highest BCUT2D eigenvalue weighted by molar-refractivity contribution is 5.69. The number of nitrogens with zero attached hydrogens (tertiary/aromatic N) is 2. The predicted molar refractivity (Wildman–Crippen MR) is 50.0 cm³/mol. The second kappa shape index (κ2) is 4.74. The summed E-state index contributed by atoms with van der Waals surface area (Å²) in [6.45, 7) is 3.98. The van der Waals surface area contributed by atoms with Crippen molar-refractivity contribution < 1.29 is 9.90 Å². The minimum Gasteiger partial charge on any atom is -0.480 e. The Balaban J connectivity index is 2.21. The molecular weight excluding hydrogens is 168 g/mol. The average Bonchev–Trinajstić information content (AvgIpc) is 2.48. The molecule has 1 heterocycles. The second-order valence-electron chi connectivity index (χ2n) is 3.25. The number of unbranched alkanes of at least 4 members (excludes halogenated alkanes) is 1. The Labute approximate surface area is 78.4 Å². The van der Waals surface area contributed by atoms with Crippen LogP contribution in [-0.4, -0.2) is 40.6 Å². The first-order chi connectivity index (χ1) is 6.22. The van der Waals surface area contributed by atoms with E-state index in [1.807, 2.05) is 12.4 Å². The molecule has 0 saturated carbocycles. The molecule has 1 N–H and O–H groups in total. The van der Waals surface area contributed by atoms with Gasteiger partial charge >= 0.3 is 5.97 Å². The Kier molecular flexibility index (Phi) is 3.61. The maximum absolute atomic E-state index is 10.4. The van der Waals surface area contributed by atoms with Crippen LogP contribution in [-0.2, 0) is 4.79 Å². The van der Waals surface area contributed by atoms with Crippen LogP contribution in [0.25, 0.3) is 0 Å². The van der Waals surface area contributed by atoms with Gasteiger partial charge in [-0.2, -0.15) is 0 Å². The molecule has 0 fully saturated rings. The smallest absolute Gasteiger partial charge is 0.323 e. The summed E-state index contributed by atoms with van der Waals surface area (Å²) in [5.41, 5.74) is 0. The van der Waals surface area contributed by atoms with Crippen LogP contribution in [0, 0.1) is 0 Å². The van der Waals surface area contributed by atoms with E-state index >= 15 is 0 Å². The zero-order valence-corrected chi connectivity index (χ0v) is 7.94. The van der Waals surface area contributed by atoms with Crippen molar-refractivity contribution in [3.63, 3.8) is 0 Å². The van der Waals surface area contributed by atoms with Gasteiger partial charge in [-0.1, -0.05) is 13.3 Å². The molecule has 0 amide bonds. The Morgan fingerprint density at radius 1 is 1.46 bits per heavy atom. The van der Waals surface area contributed by atoms with Gasteiger partial charge in [0.2, 0.25) is 0 Å². The van der Waals surface area contributed by atoms with Crippen molar-refractivity contribution in [3.8, 4) is 0 Å². The first kappa shape index (κ1) is 9.89. The maximum atomic E-state index is 10.4. The van der Waals surface area contributed by atoms with Crippen LogP contribution in [0.15, 0.2) is 12.4 Å². The lowest BCUT2D eigenvalue weighted by Crippen LogP contribution is -2.29. The molecule has 1 rings (SSSR count). The minimum atomic E-state index is -0.776. The van der Waals surface area contributed by atoms with Crippen LogP contribution in [0.2, 0.25) is 0 Å². The van der Waals surface area contributed by atoms with Gasteiger partial charge in [0.15, 0.2) is 0 Å². The molecule has 0 bridgehead atoms. The third-order valence-electron chi connectivity index (χ3n) is 1.99. The molecule has 74 valence electrons. The van der Waals surface area contributed by atoms with Crippen LogP contribution >= 0.6 is 0 Å². The predicted octanol–water partition coefficient (Wildman–Crippen LogP) is 0.917. The van der Waals surface area contributed by atoms with Crippen molar-refractivity contribution in [1.82, 2.24) is 9.80 Å². The molecule has 0 radical (unpaired) electrons. The summed E-state index contributed by atoms with van der Waals surface area (Å²) in [4.78, 5) is 14.3. The fourth-order valence-corrected chi connectivity index (χ4v) is 1.30. The van der Waals surface area contributed by atoms with E-state index in [0.29, 0.717) is 6.67 Å². The van der Waals surface area contributed by atoms with E-state index in [4.69, 9.17) is 5.11 Å². The Hall–Kier alpha value is -1.19. The number of aliphatic carboxylic acids is 1. The first-order valence-corrected chi connectivity index (χ1v) is 4.60. The number of hydrogen-bond acceptors (Lipinski definition) is 3. The monoisotopic (exact) mass is 184 g/mol. The second-order valence-corrected chi connectivity index (χ2v) is 3.25. The largest absolute Gasteiger partial charge is 0.480 e. The van der Waals surface area contributed by atoms with Gasteiger partial charge in [-0.05, 0) is 6.42 Å². The fourth-order valence-electron chi connectivity index (χ4n) is 1.30. The van der Waals surface area contributed by atoms with Crippen molar-refractivity contribution in [2.45, 2.75) is 19.8 Å². The fraction of sp³-hybridized carbons (Fsp3) is 0.667. The lowest BCUT2D eigenvalue weighted by atomic mass is 10.3. The molecule has 4 nitrogen and oxygen atoms in total. The van der Waals surface area contributed by atoms with Crippen molar-refractivity contribution in [2.24, 2.45) is 0 Å². The van der Waals surface area contributed by atoms with Gasteiger partial charge in [0.25, 0.3) is 0 Å². The van der Waals surface area contributed by atoms with Crippen molar-refractivity contribution in [2.75, 3.05) is 19.8 Å². The number of carbonyl (C=O) groups is 1. The van der Waals surface area contributed by atoms with Crippen LogP contribution < -0.4 is 0 Å². The third kappa shape index (κ3) is 3.36. The number of rotatable bonds is 5. The Bertz CT molecular complexity index is 204. The number of hydrogen-bond donors (Lipinski definition) is 1. The van der Waals surface area contributed by atoms with Gasteiger partial charge in [0.05, 0.1) is 6.67 Å². The van der Waals surface area contributed by atoms with Crippen LogP contribution in [0.3, 0.4) is 0 Å². The van der Waals surface area contributed by atoms with Gasteiger partial charge < -0.3 is 14.9 Å². The van der Waals surface area contributed by atoms with E-state index in [-0.39, 0.29) is 6.54 Å². The molecule has 0 aromatic carbocycles. The highest BCUT2D eigenvalue weighted by atomic mass is 16.4. The molecule has 0 spiro atoms. The summed E-state index contributed by atoms with van der Waals surface area (Å²) in [5.74, 6) is -0.776. The van der Waals surface area contributed by atoms with E-state index in [1.54, 1.807) is 4.90 Å². The maximum Gasteiger partial charge on any atom is 0.323 e. The summed E-state index contributed by atoms with van der Waals surface area (Å²) >= 11 is 0. The average molecular weight is 184 g/mol. The van der Waals surface area contributed by atoms with Crippen molar-refractivity contribution >= 4 is 5.97 Å². The number of carboxylic acids is 1. The zero-order valence-electron chi connectivity index (χ0n) is 7.94. The quantitative estimate of drug-likeness (QED) is 0.690. The van der Waals surface area contributed by atoms with E-state index in [0.717, 1.165) is 13.0 Å². The molecule has 0 saturated heterocycles. The molecule has 13 heavy (non-hydrogen) atoms. The molecule has 0 aromatic heterocycles. The normalized spacial score (nSPS) is 15.5. The van der Waals surface area contributed by atoms with Crippen LogP contribution in [0.5, 0.6) is 0 Å². The Morgan fingerprint density at radius 3 is 2.77 bits per heavy atom. The minimum absolute atomic E-state index is 0.0964. The van der Waals surface area contributed by atoms with Gasteiger partial charge in [0, 0.05) is 18.9 Å². The lowest BCUT2D eigenvalue weighted by Gasteiger charge is -2.19. The first-order valence-electron chi connectivity index (χ1n) is 4.60. The van der Waals surface area contributed by atoms with Crippen LogP contribution in [0.4, 0.5) is 0 Å². The molecule has 0 aliphatic carbocycles. The van der Waals surface area contributed by atoms with Gasteiger partial charge in [-0.15, -0.1) is 0 Å². The zero-order chi connectivity index (χ0) is 9.68. The summed E-state index contributed by atoms with van der Waals surface area (Å²) in [6.07, 6.45) is 6.12. The molecule has 0 aromatic rings. The van der Waals surface area contributed by atoms with Crippen LogP contribution in [0.1, 0.15) is 19.8 Å². The van der Waals surface area contributed by atoms with Crippen molar-refractivity contribution in [3.05, 3.63) is 12.4 Å².